The molecule has 0 radical (unpaired) electrons. The van der Waals surface area contributed by atoms with Crippen molar-refractivity contribution in [3.05, 3.63) is 106 Å². The smallest absolute Gasteiger partial charge is 0.346 e. The van der Waals surface area contributed by atoms with Crippen LogP contribution in [0.5, 0.6) is 0 Å². The molecule has 4 aromatic rings. The van der Waals surface area contributed by atoms with Crippen LogP contribution in [0.1, 0.15) is 52.6 Å². The molecule has 0 saturated heterocycles. The molecule has 1 heterocycles. The summed E-state index contributed by atoms with van der Waals surface area (Å²) in [5, 5.41) is 0.190. The van der Waals surface area contributed by atoms with Crippen molar-refractivity contribution in [1.29, 1.82) is 0 Å². The standard InChI is InChI=1S/C14H8O5S.C12H6O6S/c15-13-9-3-1-2-4-10(9)14(16)12-7-8(20(17,18)19)5-6-11(12)13;13-11-7-3-1-2-6-9(19(15,16)17)5-4-8(10(6)7)12(14)18-11/h1-7H,(H,17,18,19);1-5H,(H,15,16,17)/p-2. The number of carbonyl (C=O) groups excluding carboxylic acids is 4. The molecule has 0 amide bonds. The molecule has 0 N–H and O–H groups in total. The number of ether oxygens (including phenoxy) is 1. The first-order chi connectivity index (χ1) is 18.3. The van der Waals surface area contributed by atoms with E-state index in [0.717, 1.165) is 18.2 Å². The average molecular weight is 565 g/mol. The van der Waals surface area contributed by atoms with Gasteiger partial charge in [-0.3, -0.25) is 9.59 Å². The molecule has 1 aliphatic carbocycles. The summed E-state index contributed by atoms with van der Waals surface area (Å²) in [6, 6.07) is 15.9. The summed E-state index contributed by atoms with van der Waals surface area (Å²) < 4.78 is 71.1. The van der Waals surface area contributed by atoms with Crippen molar-refractivity contribution in [1.82, 2.24) is 0 Å². The predicted molar refractivity (Wildman–Crippen MR) is 129 cm³/mol. The van der Waals surface area contributed by atoms with Gasteiger partial charge in [0.2, 0.25) is 0 Å². The van der Waals surface area contributed by atoms with Crippen LogP contribution in [0, 0.1) is 0 Å². The summed E-state index contributed by atoms with van der Waals surface area (Å²) >= 11 is 0. The van der Waals surface area contributed by atoms with Crippen LogP contribution in [-0.4, -0.2) is 49.4 Å². The Hall–Kier alpha value is -4.56. The Morgan fingerprint density at radius 2 is 1.05 bits per heavy atom. The molecular weight excluding hydrogens is 552 g/mol. The maximum absolute atomic E-state index is 12.3. The quantitative estimate of drug-likeness (QED) is 0.174. The topological polar surface area (TPSA) is 192 Å². The van der Waals surface area contributed by atoms with Gasteiger partial charge in [0.1, 0.15) is 20.2 Å². The summed E-state index contributed by atoms with van der Waals surface area (Å²) in [6.45, 7) is 0. The van der Waals surface area contributed by atoms with Crippen molar-refractivity contribution in [2.24, 2.45) is 0 Å². The normalized spacial score (nSPS) is 14.2. The molecule has 0 bridgehead atoms. The number of cyclic esters (lactones) is 2. The third-order valence-corrected chi connectivity index (χ3v) is 7.81. The number of rotatable bonds is 2. The number of fused-ring (bicyclic) bond motifs is 2. The minimum absolute atomic E-state index is 0.0503. The molecule has 13 heteroatoms. The van der Waals surface area contributed by atoms with Gasteiger partial charge in [-0.15, -0.1) is 0 Å². The molecule has 0 spiro atoms. The second kappa shape index (κ2) is 9.03. The molecule has 1 aliphatic heterocycles. The number of hydrogen-bond acceptors (Lipinski definition) is 11. The Balaban J connectivity index is 0.000000158. The van der Waals surface area contributed by atoms with Gasteiger partial charge >= 0.3 is 11.9 Å². The van der Waals surface area contributed by atoms with Crippen molar-refractivity contribution in [3.63, 3.8) is 0 Å². The first kappa shape index (κ1) is 26.1. The van der Waals surface area contributed by atoms with Gasteiger partial charge in [0.25, 0.3) is 0 Å². The highest BCUT2D eigenvalue weighted by atomic mass is 32.2. The molecule has 0 atom stereocenters. The monoisotopic (exact) mass is 564 g/mol. The van der Waals surface area contributed by atoms with Gasteiger partial charge in [0.05, 0.1) is 20.9 Å². The van der Waals surface area contributed by atoms with E-state index in [1.165, 1.54) is 42.5 Å². The number of carbonyl (C=O) groups is 4. The summed E-state index contributed by atoms with van der Waals surface area (Å²) in [7, 11) is -9.36. The summed E-state index contributed by atoms with van der Waals surface area (Å²) in [4.78, 5) is 46.7. The second-order valence-electron chi connectivity index (χ2n) is 8.34. The highest BCUT2D eigenvalue weighted by Gasteiger charge is 2.30. The Kier molecular flexibility index (Phi) is 6.03. The highest BCUT2D eigenvalue weighted by molar-refractivity contribution is 7.86. The molecule has 196 valence electrons. The van der Waals surface area contributed by atoms with E-state index >= 15 is 0 Å². The summed E-state index contributed by atoms with van der Waals surface area (Å²) in [5.41, 5.74) is 0.690. The van der Waals surface area contributed by atoms with Crippen molar-refractivity contribution in [2.45, 2.75) is 9.79 Å². The lowest BCUT2D eigenvalue weighted by atomic mass is 9.84. The van der Waals surface area contributed by atoms with E-state index in [0.29, 0.717) is 0 Å². The fourth-order valence-electron chi connectivity index (χ4n) is 4.37. The molecule has 0 aromatic heterocycles. The lowest BCUT2D eigenvalue weighted by molar-refractivity contribution is 0.0390. The first-order valence-electron chi connectivity index (χ1n) is 10.9. The molecule has 0 fully saturated rings. The van der Waals surface area contributed by atoms with Crippen molar-refractivity contribution in [2.75, 3.05) is 0 Å². The van der Waals surface area contributed by atoms with Gasteiger partial charge in [-0.1, -0.05) is 36.4 Å². The molecule has 2 aliphatic rings. The molecular formula is C26H12O11S2-2. The lowest BCUT2D eigenvalue weighted by Gasteiger charge is -2.18. The average Bonchev–Trinajstić information content (AvgIpc) is 2.89. The van der Waals surface area contributed by atoms with E-state index < -0.39 is 47.7 Å². The Bertz CT molecular complexity index is 1990. The van der Waals surface area contributed by atoms with Crippen LogP contribution in [-0.2, 0) is 25.0 Å². The molecule has 0 saturated carbocycles. The Morgan fingerprint density at radius 1 is 0.538 bits per heavy atom. The number of hydrogen-bond donors (Lipinski definition) is 0. The van der Waals surface area contributed by atoms with Gasteiger partial charge in [0.15, 0.2) is 11.6 Å². The van der Waals surface area contributed by atoms with Gasteiger partial charge in [0, 0.05) is 33.0 Å². The predicted octanol–water partition coefficient (Wildman–Crippen LogP) is 2.42. The number of benzene rings is 4. The summed E-state index contributed by atoms with van der Waals surface area (Å²) in [5.74, 6) is -2.53. The molecule has 6 rings (SSSR count). The fraction of sp³-hybridized carbons (Fsp3) is 0. The third kappa shape index (κ3) is 4.42. The van der Waals surface area contributed by atoms with E-state index in [-0.39, 0.29) is 49.9 Å². The third-order valence-electron chi connectivity index (χ3n) is 6.08. The van der Waals surface area contributed by atoms with Crippen molar-refractivity contribution >= 4 is 54.5 Å². The maximum atomic E-state index is 12.3. The summed E-state index contributed by atoms with van der Waals surface area (Å²) in [6.07, 6.45) is 0. The van der Waals surface area contributed by atoms with E-state index in [1.807, 2.05) is 0 Å². The molecule has 0 unspecified atom stereocenters. The van der Waals surface area contributed by atoms with E-state index in [9.17, 15) is 45.1 Å². The molecule has 11 nitrogen and oxygen atoms in total. The Labute approximate surface area is 220 Å². The van der Waals surface area contributed by atoms with E-state index in [1.54, 1.807) is 12.1 Å². The van der Waals surface area contributed by atoms with Crippen LogP contribution < -0.4 is 0 Å². The van der Waals surface area contributed by atoms with Crippen LogP contribution in [0.25, 0.3) is 10.8 Å². The Morgan fingerprint density at radius 3 is 1.64 bits per heavy atom. The van der Waals surface area contributed by atoms with Gasteiger partial charge in [-0.05, 0) is 36.4 Å². The van der Waals surface area contributed by atoms with Crippen molar-refractivity contribution < 1.29 is 49.9 Å². The van der Waals surface area contributed by atoms with E-state index in [2.05, 4.69) is 4.74 Å². The molecule has 39 heavy (non-hydrogen) atoms. The molecule has 4 aromatic carbocycles. The van der Waals surface area contributed by atoms with Crippen molar-refractivity contribution in [3.8, 4) is 0 Å². The maximum Gasteiger partial charge on any atom is 0.346 e. The zero-order valence-corrected chi connectivity index (χ0v) is 20.9. The number of ketones is 2. The fourth-order valence-corrected chi connectivity index (χ4v) is 5.54. The second-order valence-corrected chi connectivity index (χ2v) is 11.1. The van der Waals surface area contributed by atoms with Crippen LogP contribution in [0.3, 0.4) is 0 Å². The number of esters is 2. The first-order valence-corrected chi connectivity index (χ1v) is 13.7. The van der Waals surface area contributed by atoms with Crippen LogP contribution in [0.15, 0.2) is 82.6 Å². The zero-order valence-electron chi connectivity index (χ0n) is 19.2. The highest BCUT2D eigenvalue weighted by Crippen LogP contribution is 2.33. The van der Waals surface area contributed by atoms with Crippen LogP contribution >= 0.6 is 0 Å². The van der Waals surface area contributed by atoms with E-state index in [4.69, 9.17) is 0 Å². The minimum Gasteiger partial charge on any atom is -0.744 e. The van der Waals surface area contributed by atoms with Gasteiger partial charge < -0.3 is 13.8 Å². The van der Waals surface area contributed by atoms with Gasteiger partial charge in [-0.25, -0.2) is 26.4 Å². The largest absolute Gasteiger partial charge is 0.744 e. The van der Waals surface area contributed by atoms with Crippen LogP contribution in [0.2, 0.25) is 0 Å². The minimum atomic E-state index is -4.70. The lowest BCUT2D eigenvalue weighted by Crippen LogP contribution is -2.21. The van der Waals surface area contributed by atoms with Gasteiger partial charge in [-0.2, -0.15) is 0 Å². The zero-order chi connectivity index (χ0) is 28.3. The van der Waals surface area contributed by atoms with Crippen LogP contribution in [0.4, 0.5) is 0 Å². The SMILES string of the molecule is O=C1OC(=O)c2ccc(S(=O)(=O)[O-])c3cccc1c23.O=C1c2ccccc2C(=O)c2cc(S(=O)(=O)[O-])ccc21.